The zero-order valence-electron chi connectivity index (χ0n) is 21.1. The van der Waals surface area contributed by atoms with Gasteiger partial charge in [0.2, 0.25) is 5.75 Å². The van der Waals surface area contributed by atoms with Crippen molar-refractivity contribution in [1.29, 1.82) is 0 Å². The Morgan fingerprint density at radius 2 is 1.57 bits per heavy atom. The Balaban J connectivity index is 1.61. The van der Waals surface area contributed by atoms with Crippen LogP contribution in [0, 0.1) is 13.8 Å². The third-order valence-electron chi connectivity index (χ3n) is 5.14. The maximum Gasteiger partial charge on any atom is 0.343 e. The van der Waals surface area contributed by atoms with Gasteiger partial charge in [-0.2, -0.15) is 5.10 Å². The van der Waals surface area contributed by atoms with Crippen molar-refractivity contribution in [1.82, 2.24) is 5.43 Å². The van der Waals surface area contributed by atoms with E-state index in [0.717, 1.165) is 15.6 Å². The van der Waals surface area contributed by atoms with Crippen molar-refractivity contribution < 1.29 is 33.3 Å². The molecule has 0 heterocycles. The Hall–Kier alpha value is -4.05. The Kier molecular flexibility index (Phi) is 9.51. The molecular weight excluding hydrogens is 544 g/mol. The molecule has 0 atom stereocenters. The lowest BCUT2D eigenvalue weighted by molar-refractivity contribution is -0.123. The fourth-order valence-corrected chi connectivity index (χ4v) is 4.18. The van der Waals surface area contributed by atoms with Gasteiger partial charge in [-0.1, -0.05) is 28.1 Å². The lowest BCUT2D eigenvalue weighted by Gasteiger charge is -2.13. The van der Waals surface area contributed by atoms with Crippen LogP contribution in [0.1, 0.15) is 27.0 Å². The average Bonchev–Trinajstić information content (AvgIpc) is 2.87. The van der Waals surface area contributed by atoms with Crippen molar-refractivity contribution >= 4 is 34.0 Å². The summed E-state index contributed by atoms with van der Waals surface area (Å²) in [6.07, 6.45) is 1.44. The third-order valence-corrected chi connectivity index (χ3v) is 5.60. The maximum atomic E-state index is 12.7. The van der Waals surface area contributed by atoms with E-state index in [1.54, 1.807) is 24.3 Å². The van der Waals surface area contributed by atoms with Gasteiger partial charge in [0.25, 0.3) is 5.91 Å². The van der Waals surface area contributed by atoms with Crippen molar-refractivity contribution in [2.75, 3.05) is 27.9 Å². The number of methoxy groups -OCH3 is 3. The SMILES string of the molecule is COc1cc(C(=O)Oc2cccc(C=NNC(=O)COc3c(C)cc(Br)cc3C)c2)cc(OC)c1OC. The molecule has 0 aliphatic carbocycles. The van der Waals surface area contributed by atoms with Crippen LogP contribution in [0.2, 0.25) is 0 Å². The average molecular weight is 571 g/mol. The van der Waals surface area contributed by atoms with Crippen LogP contribution in [0.15, 0.2) is 58.1 Å². The fraction of sp³-hybridized carbons (Fsp3) is 0.222. The molecule has 0 spiro atoms. The molecule has 9 nitrogen and oxygen atoms in total. The Labute approximate surface area is 223 Å². The molecule has 3 aromatic rings. The summed E-state index contributed by atoms with van der Waals surface area (Å²) in [6.45, 7) is 3.63. The molecule has 0 unspecified atom stereocenters. The van der Waals surface area contributed by atoms with E-state index < -0.39 is 11.9 Å². The van der Waals surface area contributed by atoms with Crippen molar-refractivity contribution in [2.24, 2.45) is 5.10 Å². The standard InChI is InChI=1S/C27H27BrN2O7/c1-16-9-20(28)10-17(2)25(16)36-15-24(31)30-29-14-18-7-6-8-21(11-18)37-27(32)19-12-22(33-3)26(35-5)23(13-19)34-4/h6-14H,15H2,1-5H3,(H,30,31). The summed E-state index contributed by atoms with van der Waals surface area (Å²) in [4.78, 5) is 24.9. The Morgan fingerprint density at radius 3 is 2.16 bits per heavy atom. The van der Waals surface area contributed by atoms with Gasteiger partial charge in [-0.3, -0.25) is 4.79 Å². The van der Waals surface area contributed by atoms with Crippen LogP contribution in [0.4, 0.5) is 0 Å². The van der Waals surface area contributed by atoms with Crippen LogP contribution in [0.3, 0.4) is 0 Å². The number of hydrazone groups is 1. The number of rotatable bonds is 10. The summed E-state index contributed by atoms with van der Waals surface area (Å²) >= 11 is 3.43. The van der Waals surface area contributed by atoms with Crippen molar-refractivity contribution in [3.8, 4) is 28.7 Å². The highest BCUT2D eigenvalue weighted by atomic mass is 79.9. The number of ether oxygens (including phenoxy) is 5. The highest BCUT2D eigenvalue weighted by molar-refractivity contribution is 9.10. The smallest absolute Gasteiger partial charge is 0.343 e. The first-order valence-corrected chi connectivity index (χ1v) is 11.9. The summed E-state index contributed by atoms with van der Waals surface area (Å²) in [6, 6.07) is 13.5. The number of hydrogen-bond acceptors (Lipinski definition) is 8. The minimum absolute atomic E-state index is 0.187. The van der Waals surface area contributed by atoms with Crippen molar-refractivity contribution in [3.63, 3.8) is 0 Å². The van der Waals surface area contributed by atoms with Gasteiger partial charge in [-0.15, -0.1) is 0 Å². The predicted octanol–water partition coefficient (Wildman–Crippen LogP) is 4.84. The van der Waals surface area contributed by atoms with Gasteiger partial charge in [-0.05, 0) is 66.9 Å². The van der Waals surface area contributed by atoms with E-state index in [1.807, 2.05) is 26.0 Å². The summed E-state index contributed by atoms with van der Waals surface area (Å²) in [5.74, 6) is 0.955. The minimum atomic E-state index is -0.614. The molecule has 0 fully saturated rings. The molecule has 0 bridgehead atoms. The minimum Gasteiger partial charge on any atom is -0.493 e. The molecule has 0 saturated heterocycles. The number of nitrogens with zero attached hydrogens (tertiary/aromatic N) is 1. The molecule has 1 amide bonds. The largest absolute Gasteiger partial charge is 0.493 e. The summed E-state index contributed by atoms with van der Waals surface area (Å²) < 4.78 is 27.9. The van der Waals surface area contributed by atoms with Crippen LogP contribution in [0.5, 0.6) is 28.7 Å². The lowest BCUT2D eigenvalue weighted by Crippen LogP contribution is -2.25. The van der Waals surface area contributed by atoms with Crippen LogP contribution in [-0.4, -0.2) is 46.0 Å². The van der Waals surface area contributed by atoms with E-state index in [4.69, 9.17) is 23.7 Å². The van der Waals surface area contributed by atoms with Gasteiger partial charge in [-0.25, -0.2) is 10.2 Å². The summed E-state index contributed by atoms with van der Waals surface area (Å²) in [7, 11) is 4.40. The van der Waals surface area contributed by atoms with Gasteiger partial charge in [0.15, 0.2) is 18.1 Å². The van der Waals surface area contributed by atoms with Gasteiger partial charge in [0, 0.05) is 4.47 Å². The second-order valence-corrected chi connectivity index (χ2v) is 8.74. The fourth-order valence-electron chi connectivity index (χ4n) is 3.50. The summed E-state index contributed by atoms with van der Waals surface area (Å²) in [5, 5.41) is 3.96. The van der Waals surface area contributed by atoms with Gasteiger partial charge in [0.1, 0.15) is 11.5 Å². The molecule has 0 radical (unpaired) electrons. The van der Waals surface area contributed by atoms with Gasteiger partial charge >= 0.3 is 5.97 Å². The lowest BCUT2D eigenvalue weighted by atomic mass is 10.1. The van der Waals surface area contributed by atoms with Gasteiger partial charge in [0.05, 0.1) is 33.1 Å². The molecule has 37 heavy (non-hydrogen) atoms. The Morgan fingerprint density at radius 1 is 0.919 bits per heavy atom. The zero-order valence-corrected chi connectivity index (χ0v) is 22.7. The zero-order chi connectivity index (χ0) is 26.9. The van der Waals surface area contributed by atoms with E-state index in [2.05, 4.69) is 26.5 Å². The monoisotopic (exact) mass is 570 g/mol. The van der Waals surface area contributed by atoms with Crippen LogP contribution in [-0.2, 0) is 4.79 Å². The first kappa shape index (κ1) is 27.5. The number of benzene rings is 3. The second kappa shape index (κ2) is 12.8. The quantitative estimate of drug-likeness (QED) is 0.161. The molecule has 10 heteroatoms. The van der Waals surface area contributed by atoms with Crippen LogP contribution in [0.25, 0.3) is 0 Å². The van der Waals surface area contributed by atoms with E-state index in [9.17, 15) is 9.59 Å². The molecule has 0 saturated carbocycles. The van der Waals surface area contributed by atoms with E-state index >= 15 is 0 Å². The van der Waals surface area contributed by atoms with E-state index in [-0.39, 0.29) is 12.2 Å². The Bertz CT molecular complexity index is 1280. The number of aryl methyl sites for hydroxylation is 2. The maximum absolute atomic E-state index is 12.7. The molecule has 3 rings (SSSR count). The van der Waals surface area contributed by atoms with E-state index in [1.165, 1.54) is 39.7 Å². The first-order chi connectivity index (χ1) is 17.7. The van der Waals surface area contributed by atoms with Crippen molar-refractivity contribution in [3.05, 3.63) is 75.3 Å². The number of esters is 1. The molecular formula is C27H27BrN2O7. The van der Waals surface area contributed by atoms with Crippen LogP contribution < -0.4 is 29.1 Å². The van der Waals surface area contributed by atoms with E-state index in [0.29, 0.717) is 34.3 Å². The van der Waals surface area contributed by atoms with Crippen molar-refractivity contribution in [2.45, 2.75) is 13.8 Å². The highest BCUT2D eigenvalue weighted by Gasteiger charge is 2.18. The molecule has 0 aliphatic rings. The predicted molar refractivity (Wildman–Crippen MR) is 142 cm³/mol. The normalized spacial score (nSPS) is 10.6. The molecule has 0 aliphatic heterocycles. The molecule has 0 aromatic heterocycles. The number of hydrogen-bond donors (Lipinski definition) is 1. The summed E-state index contributed by atoms with van der Waals surface area (Å²) in [5.41, 5.74) is 5.09. The molecule has 3 aromatic carbocycles. The molecule has 194 valence electrons. The molecule has 1 N–H and O–H groups in total. The number of halogens is 1. The van der Waals surface area contributed by atoms with Gasteiger partial charge < -0.3 is 23.7 Å². The number of nitrogens with one attached hydrogen (secondary N) is 1. The second-order valence-electron chi connectivity index (χ2n) is 7.83. The number of carbonyl (C=O) groups is 2. The number of amides is 1. The van der Waals surface area contributed by atoms with Crippen LogP contribution >= 0.6 is 15.9 Å². The third kappa shape index (κ3) is 7.23. The first-order valence-electron chi connectivity index (χ1n) is 11.1. The topological polar surface area (TPSA) is 105 Å². The number of carbonyl (C=O) groups excluding carboxylic acids is 2. The highest BCUT2D eigenvalue weighted by Crippen LogP contribution is 2.38.